The normalized spacial score (nSPS) is 13.7. The highest BCUT2D eigenvalue weighted by Gasteiger charge is 2.24. The lowest BCUT2D eigenvalue weighted by Crippen LogP contribution is -2.39. The summed E-state index contributed by atoms with van der Waals surface area (Å²) in [7, 11) is 0. The number of rotatable bonds is 8. The fourth-order valence-electron chi connectivity index (χ4n) is 3.29. The molecular weight excluding hydrogens is 389 g/mol. The lowest BCUT2D eigenvalue weighted by Gasteiger charge is -2.29. The van der Waals surface area contributed by atoms with Gasteiger partial charge in [-0.2, -0.15) is 0 Å². The Hall–Kier alpha value is -3.42. The second-order valence-corrected chi connectivity index (χ2v) is 7.10. The smallest absolute Gasteiger partial charge is 0.227 e. The number of hydrogen-bond donors (Lipinski definition) is 2. The molecular formula is C22H24FN3O4. The summed E-state index contributed by atoms with van der Waals surface area (Å²) < 4.78 is 18.6. The number of hydrogen-bond acceptors (Lipinski definition) is 4. The lowest BCUT2D eigenvalue weighted by atomic mass is 9.98. The summed E-state index contributed by atoms with van der Waals surface area (Å²) in [6, 6.07) is 13.0. The van der Waals surface area contributed by atoms with Crippen LogP contribution in [0.15, 0.2) is 48.5 Å². The Morgan fingerprint density at radius 1 is 1.10 bits per heavy atom. The molecule has 0 saturated carbocycles. The third kappa shape index (κ3) is 5.56. The summed E-state index contributed by atoms with van der Waals surface area (Å²) in [5.74, 6) is -1.40. The molecule has 1 heterocycles. The third-order valence-electron chi connectivity index (χ3n) is 4.94. The molecule has 3 rings (SSSR count). The van der Waals surface area contributed by atoms with Gasteiger partial charge < -0.3 is 20.7 Å². The molecule has 2 aromatic carbocycles. The van der Waals surface area contributed by atoms with Gasteiger partial charge in [-0.05, 0) is 36.2 Å². The largest absolute Gasteiger partial charge is 0.490 e. The summed E-state index contributed by atoms with van der Waals surface area (Å²) in [5, 5.41) is 2.66. The van der Waals surface area contributed by atoms with Gasteiger partial charge >= 0.3 is 0 Å². The van der Waals surface area contributed by atoms with Gasteiger partial charge in [-0.25, -0.2) is 4.39 Å². The monoisotopic (exact) mass is 413 g/mol. The number of benzene rings is 2. The number of primary amides is 1. The minimum Gasteiger partial charge on any atom is -0.490 e. The van der Waals surface area contributed by atoms with Crippen molar-refractivity contribution in [1.82, 2.24) is 5.32 Å². The first-order valence-electron chi connectivity index (χ1n) is 9.76. The van der Waals surface area contributed by atoms with E-state index in [0.717, 1.165) is 5.56 Å². The molecule has 0 spiro atoms. The van der Waals surface area contributed by atoms with Gasteiger partial charge in [0.25, 0.3) is 0 Å². The van der Waals surface area contributed by atoms with Crippen LogP contribution >= 0.6 is 0 Å². The molecule has 2 aromatic rings. The molecule has 3 N–H and O–H groups in total. The summed E-state index contributed by atoms with van der Waals surface area (Å²) >= 11 is 0. The molecule has 0 aromatic heterocycles. The molecule has 8 heteroatoms. The maximum absolute atomic E-state index is 13.0. The zero-order valence-corrected chi connectivity index (χ0v) is 16.5. The molecule has 3 amide bonds. The van der Waals surface area contributed by atoms with Gasteiger partial charge in [0.2, 0.25) is 17.7 Å². The number of nitrogens with zero attached hydrogens (tertiary/aromatic N) is 1. The number of anilines is 1. The highest BCUT2D eigenvalue weighted by atomic mass is 19.1. The van der Waals surface area contributed by atoms with Crippen molar-refractivity contribution in [3.8, 4) is 5.75 Å². The SMILES string of the molecule is NC(=O)C(CNC(=O)CCC(=O)N1CCOc2ccccc21)Cc1ccc(F)cc1. The second-order valence-electron chi connectivity index (χ2n) is 7.10. The van der Waals surface area contributed by atoms with E-state index in [2.05, 4.69) is 5.32 Å². The predicted molar refractivity (Wildman–Crippen MR) is 109 cm³/mol. The topological polar surface area (TPSA) is 102 Å². The van der Waals surface area contributed by atoms with E-state index in [1.807, 2.05) is 12.1 Å². The third-order valence-corrected chi connectivity index (χ3v) is 4.94. The van der Waals surface area contributed by atoms with Crippen LogP contribution in [0.1, 0.15) is 18.4 Å². The summed E-state index contributed by atoms with van der Waals surface area (Å²) in [6.45, 7) is 0.887. The maximum atomic E-state index is 13.0. The number of nitrogens with two attached hydrogens (primary N) is 1. The van der Waals surface area contributed by atoms with Gasteiger partial charge in [0.1, 0.15) is 18.2 Å². The number of para-hydroxylation sites is 2. The molecule has 0 saturated heterocycles. The molecule has 0 fully saturated rings. The Bertz CT molecular complexity index is 917. The fourth-order valence-corrected chi connectivity index (χ4v) is 3.29. The molecule has 1 unspecified atom stereocenters. The fraction of sp³-hybridized carbons (Fsp3) is 0.318. The Labute approximate surface area is 174 Å². The van der Waals surface area contributed by atoms with Crippen LogP contribution < -0.4 is 20.7 Å². The van der Waals surface area contributed by atoms with Crippen molar-refractivity contribution in [3.63, 3.8) is 0 Å². The average Bonchev–Trinajstić information content (AvgIpc) is 2.75. The zero-order chi connectivity index (χ0) is 21.5. The second kappa shape index (κ2) is 9.87. The highest BCUT2D eigenvalue weighted by molar-refractivity contribution is 5.97. The number of amides is 3. The van der Waals surface area contributed by atoms with Crippen LogP contribution in [0.5, 0.6) is 5.75 Å². The molecule has 158 valence electrons. The van der Waals surface area contributed by atoms with E-state index in [0.29, 0.717) is 31.0 Å². The molecule has 1 aliphatic rings. The summed E-state index contributed by atoms with van der Waals surface area (Å²) in [4.78, 5) is 38.1. The van der Waals surface area contributed by atoms with Gasteiger partial charge in [-0.3, -0.25) is 14.4 Å². The van der Waals surface area contributed by atoms with E-state index < -0.39 is 11.8 Å². The molecule has 0 aliphatic carbocycles. The van der Waals surface area contributed by atoms with E-state index in [1.54, 1.807) is 29.2 Å². The van der Waals surface area contributed by atoms with Crippen LogP contribution in [-0.4, -0.2) is 37.4 Å². The van der Waals surface area contributed by atoms with E-state index in [-0.39, 0.29) is 37.0 Å². The van der Waals surface area contributed by atoms with Crippen molar-refractivity contribution in [3.05, 3.63) is 59.9 Å². The van der Waals surface area contributed by atoms with Gasteiger partial charge in [0.15, 0.2) is 0 Å². The Morgan fingerprint density at radius 3 is 2.57 bits per heavy atom. The zero-order valence-electron chi connectivity index (χ0n) is 16.5. The minimum absolute atomic E-state index is 0.000384. The van der Waals surface area contributed by atoms with Crippen molar-refractivity contribution in [2.45, 2.75) is 19.3 Å². The lowest BCUT2D eigenvalue weighted by molar-refractivity contribution is -0.126. The Morgan fingerprint density at radius 2 is 1.83 bits per heavy atom. The molecule has 7 nitrogen and oxygen atoms in total. The summed E-state index contributed by atoms with van der Waals surface area (Å²) in [5.41, 5.74) is 6.87. The van der Waals surface area contributed by atoms with Crippen molar-refractivity contribution < 1.29 is 23.5 Å². The van der Waals surface area contributed by atoms with Crippen LogP contribution in [0.2, 0.25) is 0 Å². The van der Waals surface area contributed by atoms with Crippen LogP contribution in [0, 0.1) is 11.7 Å². The van der Waals surface area contributed by atoms with Gasteiger partial charge in [0, 0.05) is 19.4 Å². The number of halogens is 1. The van der Waals surface area contributed by atoms with E-state index in [4.69, 9.17) is 10.5 Å². The van der Waals surface area contributed by atoms with Crippen molar-refractivity contribution in [2.24, 2.45) is 11.7 Å². The Kier molecular flexibility index (Phi) is 7.00. The minimum atomic E-state index is -0.624. The van der Waals surface area contributed by atoms with Crippen LogP contribution in [0.4, 0.5) is 10.1 Å². The standard InChI is InChI=1S/C22H24FN3O4/c23-17-7-5-15(6-8-17)13-16(22(24)29)14-25-20(27)9-10-21(28)26-11-12-30-19-4-2-1-3-18(19)26/h1-8,16H,9-14H2,(H2,24,29)(H,25,27). The van der Waals surface area contributed by atoms with Crippen molar-refractivity contribution in [1.29, 1.82) is 0 Å². The van der Waals surface area contributed by atoms with E-state index in [1.165, 1.54) is 12.1 Å². The van der Waals surface area contributed by atoms with Crippen LogP contribution in [0.3, 0.4) is 0 Å². The molecule has 0 bridgehead atoms. The molecule has 1 aliphatic heterocycles. The van der Waals surface area contributed by atoms with Gasteiger partial charge in [-0.15, -0.1) is 0 Å². The van der Waals surface area contributed by atoms with E-state index >= 15 is 0 Å². The first-order chi connectivity index (χ1) is 14.4. The average molecular weight is 413 g/mol. The number of fused-ring (bicyclic) bond motifs is 1. The van der Waals surface area contributed by atoms with Crippen molar-refractivity contribution >= 4 is 23.4 Å². The molecule has 1 atom stereocenters. The number of carbonyl (C=O) groups is 3. The number of carbonyl (C=O) groups excluding carboxylic acids is 3. The van der Waals surface area contributed by atoms with Crippen molar-refractivity contribution in [2.75, 3.05) is 24.6 Å². The molecule has 0 radical (unpaired) electrons. The number of nitrogens with one attached hydrogen (secondary N) is 1. The first-order valence-corrected chi connectivity index (χ1v) is 9.76. The van der Waals surface area contributed by atoms with Gasteiger partial charge in [-0.1, -0.05) is 24.3 Å². The predicted octanol–water partition coefficient (Wildman–Crippen LogP) is 1.79. The molecule has 30 heavy (non-hydrogen) atoms. The van der Waals surface area contributed by atoms with Crippen LogP contribution in [-0.2, 0) is 20.8 Å². The highest BCUT2D eigenvalue weighted by Crippen LogP contribution is 2.31. The van der Waals surface area contributed by atoms with Gasteiger partial charge in [0.05, 0.1) is 18.2 Å². The van der Waals surface area contributed by atoms with E-state index in [9.17, 15) is 18.8 Å². The number of ether oxygens (including phenoxy) is 1. The Balaban J connectivity index is 1.48. The quantitative estimate of drug-likeness (QED) is 0.689. The summed E-state index contributed by atoms with van der Waals surface area (Å²) in [6.07, 6.45) is 0.332. The van der Waals surface area contributed by atoms with Crippen LogP contribution in [0.25, 0.3) is 0 Å². The first kappa shape index (κ1) is 21.3. The maximum Gasteiger partial charge on any atom is 0.227 e.